The lowest BCUT2D eigenvalue weighted by molar-refractivity contribution is 0.273. The quantitative estimate of drug-likeness (QED) is 0.577. The van der Waals surface area contributed by atoms with Crippen LogP contribution in [-0.2, 0) is 16.4 Å². The van der Waals surface area contributed by atoms with E-state index in [0.717, 1.165) is 24.8 Å². The Hall–Kier alpha value is -2.43. The van der Waals surface area contributed by atoms with Gasteiger partial charge in [-0.25, -0.2) is 8.42 Å². The van der Waals surface area contributed by atoms with Crippen LogP contribution in [-0.4, -0.2) is 25.8 Å². The zero-order valence-electron chi connectivity index (χ0n) is 16.8. The highest BCUT2D eigenvalue weighted by molar-refractivity contribution is 7.89. The first kappa shape index (κ1) is 19.9. The third kappa shape index (κ3) is 4.44. The standard InChI is InChI=1S/C25H27NO2S/c1-20-7-5-6-10-25(20)29(27,28)26-17-15-22(16-18-26)19-21-11-13-24(14-12-21)23-8-3-2-4-9-23/h2-14,22H,15-19H2,1H3. The Morgan fingerprint density at radius 2 is 1.38 bits per heavy atom. The van der Waals surface area contributed by atoms with E-state index in [0.29, 0.717) is 23.9 Å². The average molecular weight is 406 g/mol. The Morgan fingerprint density at radius 1 is 0.793 bits per heavy atom. The fourth-order valence-electron chi connectivity index (χ4n) is 4.14. The van der Waals surface area contributed by atoms with Gasteiger partial charge in [-0.3, -0.25) is 0 Å². The summed E-state index contributed by atoms with van der Waals surface area (Å²) < 4.78 is 27.6. The van der Waals surface area contributed by atoms with Crippen LogP contribution in [0.15, 0.2) is 83.8 Å². The van der Waals surface area contributed by atoms with E-state index in [1.165, 1.54) is 16.7 Å². The summed E-state index contributed by atoms with van der Waals surface area (Å²) in [4.78, 5) is 0.440. The zero-order chi connectivity index (χ0) is 20.3. The second-order valence-corrected chi connectivity index (χ2v) is 9.79. The van der Waals surface area contributed by atoms with Gasteiger partial charge in [-0.2, -0.15) is 4.31 Å². The summed E-state index contributed by atoms with van der Waals surface area (Å²) in [6, 6.07) is 26.4. The van der Waals surface area contributed by atoms with E-state index in [1.54, 1.807) is 16.4 Å². The van der Waals surface area contributed by atoms with Crippen molar-refractivity contribution in [2.45, 2.75) is 31.1 Å². The molecule has 0 atom stereocenters. The summed E-state index contributed by atoms with van der Waals surface area (Å²) in [5.41, 5.74) is 4.60. The van der Waals surface area contributed by atoms with Gasteiger partial charge in [0.2, 0.25) is 10.0 Å². The van der Waals surface area contributed by atoms with Gasteiger partial charge >= 0.3 is 0 Å². The van der Waals surface area contributed by atoms with Crippen LogP contribution in [0.2, 0.25) is 0 Å². The lowest BCUT2D eigenvalue weighted by Crippen LogP contribution is -2.39. The van der Waals surface area contributed by atoms with Crippen LogP contribution < -0.4 is 0 Å². The third-order valence-corrected chi connectivity index (χ3v) is 7.93. The first-order chi connectivity index (χ1) is 14.0. The molecule has 0 aromatic heterocycles. The molecule has 0 spiro atoms. The second-order valence-electron chi connectivity index (χ2n) is 7.88. The maximum absolute atomic E-state index is 13.0. The average Bonchev–Trinajstić information content (AvgIpc) is 2.75. The number of hydrogen-bond acceptors (Lipinski definition) is 2. The van der Waals surface area contributed by atoms with Gasteiger partial charge in [0.15, 0.2) is 0 Å². The summed E-state index contributed by atoms with van der Waals surface area (Å²) in [7, 11) is -3.39. The number of hydrogen-bond donors (Lipinski definition) is 0. The van der Waals surface area contributed by atoms with Gasteiger partial charge in [-0.1, -0.05) is 72.8 Å². The largest absolute Gasteiger partial charge is 0.243 e. The van der Waals surface area contributed by atoms with Gasteiger partial charge in [0, 0.05) is 13.1 Å². The monoisotopic (exact) mass is 405 g/mol. The second kappa shape index (κ2) is 8.52. The molecule has 4 heteroatoms. The lowest BCUT2D eigenvalue weighted by Gasteiger charge is -2.31. The van der Waals surface area contributed by atoms with Crippen molar-refractivity contribution in [3.8, 4) is 11.1 Å². The molecule has 3 aromatic carbocycles. The van der Waals surface area contributed by atoms with Crippen molar-refractivity contribution in [1.82, 2.24) is 4.31 Å². The van der Waals surface area contributed by atoms with Crippen LogP contribution in [0.5, 0.6) is 0 Å². The molecule has 0 aliphatic carbocycles. The molecule has 0 radical (unpaired) electrons. The van der Waals surface area contributed by atoms with E-state index in [9.17, 15) is 8.42 Å². The minimum atomic E-state index is -3.39. The number of piperidine rings is 1. The Labute approximate surface area is 174 Å². The number of sulfonamides is 1. The van der Waals surface area contributed by atoms with E-state index in [1.807, 2.05) is 25.1 Å². The SMILES string of the molecule is Cc1ccccc1S(=O)(=O)N1CCC(Cc2ccc(-c3ccccc3)cc2)CC1. The van der Waals surface area contributed by atoms with Crippen molar-refractivity contribution >= 4 is 10.0 Å². The number of rotatable bonds is 5. The highest BCUT2D eigenvalue weighted by Crippen LogP contribution is 2.28. The zero-order valence-corrected chi connectivity index (χ0v) is 17.6. The molecule has 1 aliphatic rings. The summed E-state index contributed by atoms with van der Waals surface area (Å²) in [5, 5.41) is 0. The van der Waals surface area contributed by atoms with E-state index in [2.05, 4.69) is 48.5 Å². The van der Waals surface area contributed by atoms with Crippen LogP contribution in [0.25, 0.3) is 11.1 Å². The molecule has 4 rings (SSSR count). The molecule has 0 N–H and O–H groups in total. The molecule has 0 unspecified atom stereocenters. The van der Waals surface area contributed by atoms with Gasteiger partial charge in [-0.15, -0.1) is 0 Å². The van der Waals surface area contributed by atoms with E-state index < -0.39 is 10.0 Å². The molecule has 0 amide bonds. The molecular weight excluding hydrogens is 378 g/mol. The smallest absolute Gasteiger partial charge is 0.207 e. The van der Waals surface area contributed by atoms with Crippen LogP contribution in [0.3, 0.4) is 0 Å². The predicted octanol–water partition coefficient (Wildman–Crippen LogP) is 5.31. The minimum Gasteiger partial charge on any atom is -0.207 e. The fraction of sp³-hybridized carbons (Fsp3) is 0.280. The molecular formula is C25H27NO2S. The van der Waals surface area contributed by atoms with Crippen molar-refractivity contribution in [3.63, 3.8) is 0 Å². The molecule has 0 saturated carbocycles. The van der Waals surface area contributed by atoms with E-state index in [-0.39, 0.29) is 0 Å². The summed E-state index contributed by atoms with van der Waals surface area (Å²) in [6.07, 6.45) is 2.82. The van der Waals surface area contributed by atoms with Crippen molar-refractivity contribution in [3.05, 3.63) is 90.0 Å². The molecule has 150 valence electrons. The Morgan fingerprint density at radius 3 is 2.03 bits per heavy atom. The Kier molecular flexibility index (Phi) is 5.84. The Balaban J connectivity index is 1.37. The topological polar surface area (TPSA) is 37.4 Å². The third-order valence-electron chi connectivity index (χ3n) is 5.87. The predicted molar refractivity (Wildman–Crippen MR) is 118 cm³/mol. The highest BCUT2D eigenvalue weighted by Gasteiger charge is 2.30. The van der Waals surface area contributed by atoms with Gasteiger partial charge in [0.25, 0.3) is 0 Å². The minimum absolute atomic E-state index is 0.440. The molecule has 1 aliphatic heterocycles. The Bertz CT molecular complexity index is 1050. The first-order valence-electron chi connectivity index (χ1n) is 10.2. The van der Waals surface area contributed by atoms with Crippen molar-refractivity contribution in [1.29, 1.82) is 0 Å². The maximum atomic E-state index is 13.0. The van der Waals surface area contributed by atoms with E-state index in [4.69, 9.17) is 0 Å². The molecule has 3 aromatic rings. The van der Waals surface area contributed by atoms with Crippen LogP contribution in [0.4, 0.5) is 0 Å². The molecule has 0 bridgehead atoms. The normalized spacial score (nSPS) is 16.0. The molecule has 1 heterocycles. The van der Waals surface area contributed by atoms with Gasteiger partial charge < -0.3 is 0 Å². The van der Waals surface area contributed by atoms with E-state index >= 15 is 0 Å². The van der Waals surface area contributed by atoms with Crippen molar-refractivity contribution in [2.75, 3.05) is 13.1 Å². The van der Waals surface area contributed by atoms with Gasteiger partial charge in [0.1, 0.15) is 0 Å². The highest BCUT2D eigenvalue weighted by atomic mass is 32.2. The van der Waals surface area contributed by atoms with Crippen molar-refractivity contribution in [2.24, 2.45) is 5.92 Å². The summed E-state index contributed by atoms with van der Waals surface area (Å²) >= 11 is 0. The summed E-state index contributed by atoms with van der Waals surface area (Å²) in [5.74, 6) is 0.529. The van der Waals surface area contributed by atoms with Gasteiger partial charge in [-0.05, 0) is 60.4 Å². The van der Waals surface area contributed by atoms with Crippen LogP contribution in [0, 0.1) is 12.8 Å². The number of aryl methyl sites for hydroxylation is 1. The van der Waals surface area contributed by atoms with Crippen LogP contribution in [0.1, 0.15) is 24.0 Å². The maximum Gasteiger partial charge on any atom is 0.243 e. The van der Waals surface area contributed by atoms with Gasteiger partial charge in [0.05, 0.1) is 4.90 Å². The number of nitrogens with zero attached hydrogens (tertiary/aromatic N) is 1. The molecule has 29 heavy (non-hydrogen) atoms. The molecule has 1 fully saturated rings. The van der Waals surface area contributed by atoms with Crippen molar-refractivity contribution < 1.29 is 8.42 Å². The van der Waals surface area contributed by atoms with Crippen LogP contribution >= 0.6 is 0 Å². The number of benzene rings is 3. The fourth-order valence-corrected chi connectivity index (χ4v) is 5.83. The molecule has 3 nitrogen and oxygen atoms in total. The lowest BCUT2D eigenvalue weighted by atomic mass is 9.90. The first-order valence-corrected chi connectivity index (χ1v) is 11.7. The molecule has 1 saturated heterocycles. The summed E-state index contributed by atoms with van der Waals surface area (Å²) in [6.45, 7) is 3.06.